The standard InChI is InChI=1S/C73H125N2O7P/c1-7-10-13-16-19-22-25-28-30-32-34-36-37-39-41-43-45-48-51-54-57-60-63-66-73(77)82-71(64-61-58-55-52-49-46-27-24-21-18-15-12-9-3)70(69-81-83(78,79)80-68-67-75(4,5)6)74-72(76)65-62-59-56-53-50-47-44-42-40-38-35-33-31-29-26-23-20-17-14-11-8-2/h11,14,19-20,22-23,28-31,34-36,38-39,41-42,44,50,53,61,64,70-71H,7-10,12-13,15-18,21,24-27,32-33,37,40,43,45-49,51-52,54-60,62-63,65-69H2,1-6H3,(H-,74,76,78,79)/p+1/b14-11-,22-19-,23-20-,30-28-,31-29-,36-34-,38-35-,41-39-,44-42-,53-50-,64-61+. The Labute approximate surface area is 511 Å². The quantitative estimate of drug-likeness (QED) is 0.0205. The van der Waals surface area contributed by atoms with E-state index in [1.165, 1.54) is 103 Å². The highest BCUT2D eigenvalue weighted by Gasteiger charge is 2.30. The summed E-state index contributed by atoms with van der Waals surface area (Å²) in [6.07, 6.45) is 87.4. The van der Waals surface area contributed by atoms with E-state index >= 15 is 0 Å². The van der Waals surface area contributed by atoms with E-state index in [1.54, 1.807) is 0 Å². The Bertz CT molecular complexity index is 1880. The highest BCUT2D eigenvalue weighted by atomic mass is 31.2. The third-order valence-electron chi connectivity index (χ3n) is 14.1. The molecular formula is C73H126N2O7P+. The second-order valence-corrected chi connectivity index (χ2v) is 24.7. The Morgan fingerprint density at radius 2 is 0.771 bits per heavy atom. The van der Waals surface area contributed by atoms with Crippen molar-refractivity contribution in [2.24, 2.45) is 0 Å². The summed E-state index contributed by atoms with van der Waals surface area (Å²) in [5.74, 6) is -0.575. The molecule has 0 aliphatic rings. The number of rotatable bonds is 59. The molecule has 83 heavy (non-hydrogen) atoms. The van der Waals surface area contributed by atoms with Crippen molar-refractivity contribution in [1.82, 2.24) is 5.32 Å². The van der Waals surface area contributed by atoms with Gasteiger partial charge in [-0.1, -0.05) is 258 Å². The number of carbonyl (C=O) groups is 2. The van der Waals surface area contributed by atoms with Gasteiger partial charge >= 0.3 is 13.8 Å². The molecule has 3 unspecified atom stereocenters. The van der Waals surface area contributed by atoms with Crippen LogP contribution in [-0.2, 0) is 27.9 Å². The van der Waals surface area contributed by atoms with Crippen LogP contribution in [0.2, 0.25) is 0 Å². The van der Waals surface area contributed by atoms with Crippen molar-refractivity contribution in [2.75, 3.05) is 40.9 Å². The summed E-state index contributed by atoms with van der Waals surface area (Å²) in [5, 5.41) is 3.03. The number of allylic oxidation sites excluding steroid dienone is 21. The minimum absolute atomic E-state index is 0.0223. The molecule has 3 atom stereocenters. The van der Waals surface area contributed by atoms with Gasteiger partial charge in [0.1, 0.15) is 19.3 Å². The first-order chi connectivity index (χ1) is 40.4. The van der Waals surface area contributed by atoms with Crippen LogP contribution in [-0.4, -0.2) is 74.3 Å². The van der Waals surface area contributed by atoms with Gasteiger partial charge in [0.25, 0.3) is 0 Å². The van der Waals surface area contributed by atoms with Gasteiger partial charge in [-0.15, -0.1) is 0 Å². The third-order valence-corrected chi connectivity index (χ3v) is 15.1. The fourth-order valence-corrected chi connectivity index (χ4v) is 9.66. The number of carbonyl (C=O) groups excluding carboxylic acids is 2. The van der Waals surface area contributed by atoms with Crippen molar-refractivity contribution < 1.29 is 37.3 Å². The summed E-state index contributed by atoms with van der Waals surface area (Å²) in [7, 11) is 1.44. The van der Waals surface area contributed by atoms with E-state index in [-0.39, 0.29) is 37.9 Å². The fraction of sp³-hybridized carbons (Fsp3) is 0.671. The molecule has 10 heteroatoms. The van der Waals surface area contributed by atoms with Crippen molar-refractivity contribution in [3.8, 4) is 0 Å². The maximum atomic E-state index is 13.6. The van der Waals surface area contributed by atoms with E-state index in [0.717, 1.165) is 116 Å². The number of quaternary nitrogens is 1. The Morgan fingerprint density at radius 1 is 0.434 bits per heavy atom. The van der Waals surface area contributed by atoms with Crippen molar-refractivity contribution in [1.29, 1.82) is 0 Å². The summed E-state index contributed by atoms with van der Waals surface area (Å²) in [6.45, 7) is 6.82. The van der Waals surface area contributed by atoms with Crippen molar-refractivity contribution in [3.05, 3.63) is 134 Å². The molecule has 474 valence electrons. The number of hydrogen-bond donors (Lipinski definition) is 2. The predicted octanol–water partition coefficient (Wildman–Crippen LogP) is 21.2. The number of likely N-dealkylation sites (N-methyl/N-ethyl adjacent to an activating group) is 1. The Balaban J connectivity index is 5.32. The van der Waals surface area contributed by atoms with Crippen LogP contribution in [0.1, 0.15) is 265 Å². The molecule has 0 saturated heterocycles. The molecule has 0 radical (unpaired) electrons. The fourth-order valence-electron chi connectivity index (χ4n) is 8.93. The van der Waals surface area contributed by atoms with E-state index in [1.807, 2.05) is 33.3 Å². The number of phosphoric acid groups is 1. The van der Waals surface area contributed by atoms with Crippen LogP contribution in [0.15, 0.2) is 134 Å². The monoisotopic (exact) mass is 1170 g/mol. The van der Waals surface area contributed by atoms with Gasteiger partial charge in [-0.2, -0.15) is 0 Å². The minimum Gasteiger partial charge on any atom is -0.456 e. The lowest BCUT2D eigenvalue weighted by Gasteiger charge is -2.27. The number of esters is 1. The van der Waals surface area contributed by atoms with Gasteiger partial charge in [-0.05, 0) is 128 Å². The van der Waals surface area contributed by atoms with E-state index in [2.05, 4.69) is 148 Å². The zero-order valence-corrected chi connectivity index (χ0v) is 55.0. The number of phosphoric ester groups is 1. The minimum atomic E-state index is -4.48. The lowest BCUT2D eigenvalue weighted by atomic mass is 10.0. The summed E-state index contributed by atoms with van der Waals surface area (Å²) in [5.41, 5.74) is 0. The van der Waals surface area contributed by atoms with Gasteiger partial charge < -0.3 is 19.4 Å². The van der Waals surface area contributed by atoms with Crippen LogP contribution in [0.25, 0.3) is 0 Å². The molecule has 0 saturated carbocycles. The topological polar surface area (TPSA) is 111 Å². The van der Waals surface area contributed by atoms with Crippen LogP contribution in [0, 0.1) is 0 Å². The molecule has 1 amide bonds. The van der Waals surface area contributed by atoms with Crippen LogP contribution in [0.5, 0.6) is 0 Å². The molecule has 2 N–H and O–H groups in total. The average Bonchev–Trinajstić information content (AvgIpc) is 3.46. The lowest BCUT2D eigenvalue weighted by Crippen LogP contribution is -2.47. The van der Waals surface area contributed by atoms with Gasteiger partial charge in [-0.3, -0.25) is 18.6 Å². The number of ether oxygens (including phenoxy) is 1. The lowest BCUT2D eigenvalue weighted by molar-refractivity contribution is -0.870. The number of amides is 1. The molecule has 0 bridgehead atoms. The normalized spacial score (nSPS) is 14.4. The second kappa shape index (κ2) is 61.2. The summed E-state index contributed by atoms with van der Waals surface area (Å²) in [4.78, 5) is 37.8. The zero-order valence-electron chi connectivity index (χ0n) is 54.1. The Kier molecular flexibility index (Phi) is 58.4. The van der Waals surface area contributed by atoms with Crippen LogP contribution < -0.4 is 5.32 Å². The second-order valence-electron chi connectivity index (χ2n) is 23.3. The SMILES string of the molecule is CC/C=C\C/C=C\C/C=C\C/C=C\C/C=C\C/C=C\CCCCC(=O)NC(COP(=O)(O)OCC[N+](C)(C)C)C(/C=C/CCCCCCCCCCCCC)OC(=O)CCCCCCCCC/C=C\C/C=C\C/C=C\C/C=C\CCCCC. The van der Waals surface area contributed by atoms with E-state index < -0.39 is 20.0 Å². The molecule has 0 heterocycles. The van der Waals surface area contributed by atoms with Gasteiger partial charge in [0.15, 0.2) is 0 Å². The van der Waals surface area contributed by atoms with Crippen molar-refractivity contribution in [3.63, 3.8) is 0 Å². The van der Waals surface area contributed by atoms with Crippen LogP contribution in [0.4, 0.5) is 0 Å². The molecule has 0 aromatic rings. The average molecular weight is 1170 g/mol. The highest BCUT2D eigenvalue weighted by molar-refractivity contribution is 7.47. The number of nitrogens with one attached hydrogen (secondary N) is 1. The molecular weight excluding hydrogens is 1050 g/mol. The summed E-state index contributed by atoms with van der Waals surface area (Å²) < 4.78 is 30.7. The predicted molar refractivity (Wildman–Crippen MR) is 359 cm³/mol. The van der Waals surface area contributed by atoms with E-state index in [4.69, 9.17) is 13.8 Å². The molecule has 9 nitrogen and oxygen atoms in total. The van der Waals surface area contributed by atoms with Gasteiger partial charge in [0.05, 0.1) is 33.8 Å². The molecule has 0 fully saturated rings. The number of nitrogens with zero attached hydrogens (tertiary/aromatic N) is 1. The Hall–Kier alpha value is -3.85. The Morgan fingerprint density at radius 3 is 1.19 bits per heavy atom. The molecule has 0 spiro atoms. The first kappa shape index (κ1) is 79.2. The van der Waals surface area contributed by atoms with E-state index in [9.17, 15) is 19.0 Å². The largest absolute Gasteiger partial charge is 0.472 e. The smallest absolute Gasteiger partial charge is 0.456 e. The maximum absolute atomic E-state index is 13.6. The van der Waals surface area contributed by atoms with Gasteiger partial charge in [0.2, 0.25) is 5.91 Å². The van der Waals surface area contributed by atoms with Crippen LogP contribution in [0.3, 0.4) is 0 Å². The van der Waals surface area contributed by atoms with Crippen LogP contribution >= 0.6 is 7.82 Å². The highest BCUT2D eigenvalue weighted by Crippen LogP contribution is 2.43. The zero-order chi connectivity index (χ0) is 60.7. The number of hydrogen-bond acceptors (Lipinski definition) is 6. The number of unbranched alkanes of at least 4 members (excludes halogenated alkanes) is 23. The van der Waals surface area contributed by atoms with Crippen molar-refractivity contribution in [2.45, 2.75) is 277 Å². The first-order valence-corrected chi connectivity index (χ1v) is 35.0. The van der Waals surface area contributed by atoms with Gasteiger partial charge in [0, 0.05) is 12.8 Å². The maximum Gasteiger partial charge on any atom is 0.472 e. The summed E-state index contributed by atoms with van der Waals surface area (Å²) in [6, 6.07) is -0.887. The molecule has 0 aliphatic carbocycles. The molecule has 0 aromatic carbocycles. The first-order valence-electron chi connectivity index (χ1n) is 33.5. The summed E-state index contributed by atoms with van der Waals surface area (Å²) >= 11 is 0. The molecule has 0 aromatic heterocycles. The third kappa shape index (κ3) is 62.5. The van der Waals surface area contributed by atoms with Crippen molar-refractivity contribution >= 4 is 19.7 Å². The van der Waals surface area contributed by atoms with Gasteiger partial charge in [-0.25, -0.2) is 4.57 Å². The van der Waals surface area contributed by atoms with E-state index in [0.29, 0.717) is 23.9 Å². The molecule has 0 rings (SSSR count). The molecule has 0 aliphatic heterocycles.